The molecule has 0 aliphatic carbocycles. The third kappa shape index (κ3) is 6.70. The van der Waals surface area contributed by atoms with Gasteiger partial charge in [0.25, 0.3) is 0 Å². The van der Waals surface area contributed by atoms with Crippen LogP contribution in [0.4, 0.5) is 5.69 Å². The van der Waals surface area contributed by atoms with E-state index in [9.17, 15) is 14.7 Å². The normalized spacial score (nSPS) is 19.8. The smallest absolute Gasteiger partial charge is 0.335 e. The molecule has 4 rings (SSSR count). The number of anilines is 1. The fraction of sp³-hybridized carbons (Fsp3) is 0.259. The van der Waals surface area contributed by atoms with Gasteiger partial charge in [-0.2, -0.15) is 0 Å². The molecule has 0 aromatic heterocycles. The summed E-state index contributed by atoms with van der Waals surface area (Å²) >= 11 is 1.60. The molecule has 0 spiro atoms. The van der Waals surface area contributed by atoms with Crippen molar-refractivity contribution in [3.05, 3.63) is 95.1 Å². The Labute approximate surface area is 208 Å². The molecule has 1 aliphatic rings. The molecule has 7 nitrogen and oxygen atoms in total. The zero-order valence-corrected chi connectivity index (χ0v) is 20.0. The van der Waals surface area contributed by atoms with Gasteiger partial charge in [-0.25, -0.2) is 4.79 Å². The predicted octanol–water partition coefficient (Wildman–Crippen LogP) is 5.17. The first-order valence-corrected chi connectivity index (χ1v) is 12.2. The summed E-state index contributed by atoms with van der Waals surface area (Å²) in [6.45, 7) is 1.45. The first-order valence-electron chi connectivity index (χ1n) is 11.3. The summed E-state index contributed by atoms with van der Waals surface area (Å²) < 4.78 is 12.6. The minimum Gasteiger partial charge on any atom is -0.478 e. The number of nitrogens with one attached hydrogen (secondary N) is 1. The van der Waals surface area contributed by atoms with Crippen LogP contribution in [0.3, 0.4) is 0 Å². The first kappa shape index (κ1) is 24.9. The molecular formula is C27H27NO6S. The van der Waals surface area contributed by atoms with E-state index in [1.807, 2.05) is 48.5 Å². The third-order valence-electron chi connectivity index (χ3n) is 5.66. The fourth-order valence-corrected chi connectivity index (χ4v) is 4.75. The van der Waals surface area contributed by atoms with Gasteiger partial charge in [0.05, 0.1) is 24.4 Å². The lowest BCUT2D eigenvalue weighted by Crippen LogP contribution is -2.31. The Morgan fingerprint density at radius 1 is 0.943 bits per heavy atom. The summed E-state index contributed by atoms with van der Waals surface area (Å²) in [5, 5.41) is 21.2. The topological polar surface area (TPSA) is 105 Å². The van der Waals surface area contributed by atoms with Crippen LogP contribution in [0.15, 0.2) is 77.7 Å². The van der Waals surface area contributed by atoms with E-state index in [4.69, 9.17) is 14.6 Å². The SMILES string of the molecule is CC(=O)Nc1ccc([C@@H]2O[C@H](CSc3ccc(C(=O)O)cc3)C[C@H](c3ccc(CO)cc3)O2)cc1. The Morgan fingerprint density at radius 3 is 2.20 bits per heavy atom. The molecule has 3 atom stereocenters. The van der Waals surface area contributed by atoms with Crippen molar-refractivity contribution in [3.8, 4) is 0 Å². The Balaban J connectivity index is 1.50. The van der Waals surface area contributed by atoms with Crippen LogP contribution in [0.5, 0.6) is 0 Å². The van der Waals surface area contributed by atoms with Gasteiger partial charge in [-0.3, -0.25) is 4.79 Å². The third-order valence-corrected chi connectivity index (χ3v) is 6.80. The monoisotopic (exact) mass is 493 g/mol. The summed E-state index contributed by atoms with van der Waals surface area (Å²) in [7, 11) is 0. The lowest BCUT2D eigenvalue weighted by atomic mass is 10.0. The largest absolute Gasteiger partial charge is 0.478 e. The lowest BCUT2D eigenvalue weighted by Gasteiger charge is -2.36. The van der Waals surface area contributed by atoms with Gasteiger partial charge in [-0.05, 0) is 47.5 Å². The molecule has 0 radical (unpaired) electrons. The van der Waals surface area contributed by atoms with Crippen LogP contribution in [0.2, 0.25) is 0 Å². The average Bonchev–Trinajstić information content (AvgIpc) is 2.87. The average molecular weight is 494 g/mol. The van der Waals surface area contributed by atoms with E-state index < -0.39 is 12.3 Å². The molecule has 182 valence electrons. The molecule has 0 unspecified atom stereocenters. The molecule has 0 bridgehead atoms. The fourth-order valence-electron chi connectivity index (χ4n) is 3.83. The van der Waals surface area contributed by atoms with Gasteiger partial charge >= 0.3 is 5.97 Å². The second-order valence-electron chi connectivity index (χ2n) is 8.29. The molecule has 1 fully saturated rings. The van der Waals surface area contributed by atoms with Crippen LogP contribution in [0.1, 0.15) is 52.8 Å². The zero-order valence-electron chi connectivity index (χ0n) is 19.2. The number of thioether (sulfide) groups is 1. The predicted molar refractivity (Wildman–Crippen MR) is 133 cm³/mol. The van der Waals surface area contributed by atoms with Gasteiger partial charge in [0.15, 0.2) is 6.29 Å². The van der Waals surface area contributed by atoms with Gasteiger partial charge in [0.1, 0.15) is 0 Å². The van der Waals surface area contributed by atoms with E-state index in [0.29, 0.717) is 17.9 Å². The van der Waals surface area contributed by atoms with E-state index >= 15 is 0 Å². The van der Waals surface area contributed by atoms with Crippen LogP contribution >= 0.6 is 11.8 Å². The van der Waals surface area contributed by atoms with Crippen LogP contribution in [0.25, 0.3) is 0 Å². The van der Waals surface area contributed by atoms with Gasteiger partial charge in [-0.1, -0.05) is 36.4 Å². The number of carbonyl (C=O) groups is 2. The van der Waals surface area contributed by atoms with Gasteiger partial charge in [-0.15, -0.1) is 11.8 Å². The maximum atomic E-state index is 11.3. The molecule has 35 heavy (non-hydrogen) atoms. The minimum absolute atomic E-state index is 0.0158. The number of amides is 1. The van der Waals surface area contributed by atoms with Crippen molar-refractivity contribution in [3.63, 3.8) is 0 Å². The maximum absolute atomic E-state index is 11.3. The Bertz CT molecular complexity index is 1150. The molecule has 8 heteroatoms. The molecule has 3 N–H and O–H groups in total. The van der Waals surface area contributed by atoms with Crippen molar-refractivity contribution < 1.29 is 29.3 Å². The van der Waals surface area contributed by atoms with Crippen molar-refractivity contribution in [1.29, 1.82) is 0 Å². The highest BCUT2D eigenvalue weighted by Crippen LogP contribution is 2.39. The Morgan fingerprint density at radius 2 is 1.60 bits per heavy atom. The number of ether oxygens (including phenoxy) is 2. The van der Waals surface area contributed by atoms with E-state index in [-0.39, 0.29) is 30.3 Å². The number of aliphatic hydroxyl groups excluding tert-OH is 1. The molecule has 0 saturated carbocycles. The van der Waals surface area contributed by atoms with E-state index in [1.54, 1.807) is 36.0 Å². The Kier molecular flexibility index (Phi) is 8.20. The first-order chi connectivity index (χ1) is 16.9. The Hall–Kier alpha value is -3.17. The summed E-state index contributed by atoms with van der Waals surface area (Å²) in [6, 6.07) is 21.9. The molecule has 3 aromatic rings. The number of benzene rings is 3. The maximum Gasteiger partial charge on any atom is 0.335 e. The van der Waals surface area contributed by atoms with Crippen LogP contribution in [0, 0.1) is 0 Å². The van der Waals surface area contributed by atoms with Crippen molar-refractivity contribution in [1.82, 2.24) is 0 Å². The van der Waals surface area contributed by atoms with Gasteiger partial charge < -0.3 is 25.0 Å². The second kappa shape index (κ2) is 11.5. The highest BCUT2D eigenvalue weighted by Gasteiger charge is 2.32. The highest BCUT2D eigenvalue weighted by atomic mass is 32.2. The summed E-state index contributed by atoms with van der Waals surface area (Å²) in [5.41, 5.74) is 3.64. The number of aliphatic hydroxyl groups is 1. The number of aromatic carboxylic acids is 1. The van der Waals surface area contributed by atoms with Gasteiger partial charge in [0, 0.05) is 35.2 Å². The van der Waals surface area contributed by atoms with E-state index in [1.165, 1.54) is 6.92 Å². The number of carboxylic acids is 1. The van der Waals surface area contributed by atoms with Crippen molar-refractivity contribution in [2.75, 3.05) is 11.1 Å². The van der Waals surface area contributed by atoms with Crippen LogP contribution < -0.4 is 5.32 Å². The molecule has 1 aliphatic heterocycles. The number of carboxylic acid groups (broad SMARTS) is 1. The number of hydrogen-bond donors (Lipinski definition) is 3. The minimum atomic E-state index is -0.947. The summed E-state index contributed by atoms with van der Waals surface area (Å²) in [4.78, 5) is 23.4. The van der Waals surface area contributed by atoms with Crippen LogP contribution in [-0.2, 0) is 20.9 Å². The number of hydrogen-bond acceptors (Lipinski definition) is 6. The van der Waals surface area contributed by atoms with Gasteiger partial charge in [0.2, 0.25) is 5.91 Å². The van der Waals surface area contributed by atoms with Crippen molar-refractivity contribution in [2.24, 2.45) is 0 Å². The highest BCUT2D eigenvalue weighted by molar-refractivity contribution is 7.99. The zero-order chi connectivity index (χ0) is 24.8. The quantitative estimate of drug-likeness (QED) is 0.372. The number of rotatable bonds is 8. The lowest BCUT2D eigenvalue weighted by molar-refractivity contribution is -0.245. The standard InChI is InChI=1S/C27H27NO6S/c1-17(30)28-22-10-6-21(7-11-22)27-33-23(16-35-24-12-8-20(9-13-24)26(31)32)14-25(34-27)19-4-2-18(15-29)3-5-19/h2-13,23,25,27,29H,14-16H2,1H3,(H,28,30)(H,31,32)/t23-,25+,27+/m0/s1. The molecule has 3 aromatic carbocycles. The second-order valence-corrected chi connectivity index (χ2v) is 9.39. The number of carbonyl (C=O) groups excluding carboxylic acids is 1. The summed E-state index contributed by atoms with van der Waals surface area (Å²) in [6.07, 6.45) is -0.247. The van der Waals surface area contributed by atoms with Crippen molar-refractivity contribution in [2.45, 2.75) is 43.3 Å². The molecule has 1 heterocycles. The molecule has 1 amide bonds. The molecular weight excluding hydrogens is 466 g/mol. The summed E-state index contributed by atoms with van der Waals surface area (Å²) in [5.74, 6) is -0.416. The van der Waals surface area contributed by atoms with E-state index in [2.05, 4.69) is 5.32 Å². The van der Waals surface area contributed by atoms with Crippen LogP contribution in [-0.4, -0.2) is 33.9 Å². The van der Waals surface area contributed by atoms with Crippen molar-refractivity contribution >= 4 is 29.3 Å². The molecule has 1 saturated heterocycles. The van der Waals surface area contributed by atoms with E-state index in [0.717, 1.165) is 21.6 Å².